The SMILES string of the molecule is COC1(c2ccc(C#N)cc2)CN(C(=O)c2cc(-c3n[nH]c(C)n3)c(C3CCC3)cc2C)C1. The van der Waals surface area contributed by atoms with Crippen LogP contribution in [0.15, 0.2) is 36.4 Å². The van der Waals surface area contributed by atoms with Gasteiger partial charge in [-0.3, -0.25) is 9.89 Å². The van der Waals surface area contributed by atoms with Crippen LogP contribution in [0.2, 0.25) is 0 Å². The van der Waals surface area contributed by atoms with Crippen LogP contribution in [0.25, 0.3) is 11.4 Å². The van der Waals surface area contributed by atoms with Gasteiger partial charge in [0.25, 0.3) is 5.91 Å². The monoisotopic (exact) mass is 441 g/mol. The first-order valence-corrected chi connectivity index (χ1v) is 11.3. The molecule has 1 saturated heterocycles. The summed E-state index contributed by atoms with van der Waals surface area (Å²) in [6.45, 7) is 4.82. The Morgan fingerprint density at radius 2 is 1.94 bits per heavy atom. The van der Waals surface area contributed by atoms with Crippen LogP contribution < -0.4 is 0 Å². The van der Waals surface area contributed by atoms with Gasteiger partial charge in [0.15, 0.2) is 5.82 Å². The van der Waals surface area contributed by atoms with Gasteiger partial charge >= 0.3 is 0 Å². The summed E-state index contributed by atoms with van der Waals surface area (Å²) in [7, 11) is 1.67. The Morgan fingerprint density at radius 3 is 2.48 bits per heavy atom. The van der Waals surface area contributed by atoms with E-state index in [1.807, 2.05) is 36.9 Å². The molecule has 0 bridgehead atoms. The molecular weight excluding hydrogens is 414 g/mol. The molecule has 1 aromatic heterocycles. The molecular formula is C26H27N5O2. The number of methoxy groups -OCH3 is 1. The zero-order valence-corrected chi connectivity index (χ0v) is 19.2. The molecule has 5 rings (SSSR count). The first-order valence-electron chi connectivity index (χ1n) is 11.3. The molecule has 33 heavy (non-hydrogen) atoms. The van der Waals surface area contributed by atoms with Gasteiger partial charge in [0.2, 0.25) is 0 Å². The number of hydrogen-bond acceptors (Lipinski definition) is 5. The molecule has 3 aromatic rings. The summed E-state index contributed by atoms with van der Waals surface area (Å²) < 4.78 is 5.85. The van der Waals surface area contributed by atoms with Gasteiger partial charge in [-0.15, -0.1) is 0 Å². The van der Waals surface area contributed by atoms with E-state index in [0.29, 0.717) is 36.0 Å². The number of aryl methyl sites for hydroxylation is 2. The number of ether oxygens (including phenoxy) is 1. The fourth-order valence-corrected chi connectivity index (χ4v) is 4.84. The third kappa shape index (κ3) is 3.61. The van der Waals surface area contributed by atoms with Crippen molar-refractivity contribution in [1.82, 2.24) is 20.1 Å². The molecule has 0 radical (unpaired) electrons. The van der Waals surface area contributed by atoms with Crippen LogP contribution in [0.5, 0.6) is 0 Å². The lowest BCUT2D eigenvalue weighted by molar-refractivity contribution is -0.114. The standard InChI is InChI=1S/C26H27N5O2/c1-16-11-22(19-5-4-6-19)23(24-28-17(2)29-30-24)12-21(16)25(32)31-14-26(15-31,33-3)20-9-7-18(13-27)8-10-20/h7-12,19H,4-6,14-15H2,1-3H3,(H,28,29,30). The van der Waals surface area contributed by atoms with E-state index in [1.54, 1.807) is 19.2 Å². The Hall–Kier alpha value is -3.50. The molecule has 1 aliphatic carbocycles. The first-order chi connectivity index (χ1) is 15.9. The summed E-state index contributed by atoms with van der Waals surface area (Å²) in [5.74, 6) is 1.90. The summed E-state index contributed by atoms with van der Waals surface area (Å²) in [5, 5.41) is 16.4. The van der Waals surface area contributed by atoms with E-state index in [-0.39, 0.29) is 5.91 Å². The van der Waals surface area contributed by atoms with Gasteiger partial charge in [-0.25, -0.2) is 4.98 Å². The predicted molar refractivity (Wildman–Crippen MR) is 124 cm³/mol. The van der Waals surface area contributed by atoms with Crippen LogP contribution in [0.1, 0.15) is 63.6 Å². The van der Waals surface area contributed by atoms with Crippen LogP contribution in [-0.2, 0) is 10.3 Å². The minimum Gasteiger partial charge on any atom is -0.370 e. The van der Waals surface area contributed by atoms with Gasteiger partial charge in [0.05, 0.1) is 24.7 Å². The van der Waals surface area contributed by atoms with E-state index in [4.69, 9.17) is 10.00 Å². The number of nitrogens with one attached hydrogen (secondary N) is 1. The molecule has 2 fully saturated rings. The largest absolute Gasteiger partial charge is 0.370 e. The maximum Gasteiger partial charge on any atom is 0.254 e. The third-order valence-electron chi connectivity index (χ3n) is 7.12. The summed E-state index contributed by atoms with van der Waals surface area (Å²) in [6, 6.07) is 13.7. The Balaban J connectivity index is 1.43. The number of nitrogens with zero attached hydrogens (tertiary/aromatic N) is 4. The maximum absolute atomic E-state index is 13.5. The van der Waals surface area contributed by atoms with Crippen LogP contribution in [0, 0.1) is 25.2 Å². The highest BCUT2D eigenvalue weighted by Gasteiger charge is 2.47. The van der Waals surface area contributed by atoms with Crippen molar-refractivity contribution < 1.29 is 9.53 Å². The number of amides is 1. The van der Waals surface area contributed by atoms with Crippen LogP contribution >= 0.6 is 0 Å². The highest BCUT2D eigenvalue weighted by atomic mass is 16.5. The number of aromatic nitrogens is 3. The van der Waals surface area contributed by atoms with Crippen molar-refractivity contribution in [2.45, 2.75) is 44.6 Å². The molecule has 1 N–H and O–H groups in total. The lowest BCUT2D eigenvalue weighted by atomic mass is 9.77. The number of carbonyl (C=O) groups is 1. The molecule has 2 heterocycles. The Bertz CT molecular complexity index is 1240. The summed E-state index contributed by atoms with van der Waals surface area (Å²) in [5.41, 5.74) is 4.88. The molecule has 7 nitrogen and oxygen atoms in total. The molecule has 7 heteroatoms. The second kappa shape index (κ2) is 8.13. The van der Waals surface area contributed by atoms with Gasteiger partial charge in [-0.2, -0.15) is 10.4 Å². The molecule has 1 aliphatic heterocycles. The number of likely N-dealkylation sites (tertiary alicyclic amines) is 1. The average Bonchev–Trinajstić information content (AvgIpc) is 3.18. The molecule has 2 aromatic carbocycles. The van der Waals surface area contributed by atoms with Gasteiger partial charge < -0.3 is 9.64 Å². The number of hydrogen-bond donors (Lipinski definition) is 1. The molecule has 0 spiro atoms. The number of nitriles is 1. The van der Waals surface area contributed by atoms with Gasteiger partial charge in [-0.05, 0) is 67.5 Å². The minimum atomic E-state index is -0.548. The highest BCUT2D eigenvalue weighted by Crippen LogP contribution is 2.42. The molecule has 0 atom stereocenters. The van der Waals surface area contributed by atoms with E-state index in [1.165, 1.54) is 12.0 Å². The highest BCUT2D eigenvalue weighted by molar-refractivity contribution is 5.98. The van der Waals surface area contributed by atoms with Crippen LogP contribution in [0.4, 0.5) is 0 Å². The molecule has 0 unspecified atom stereocenters. The first kappa shape index (κ1) is 21.4. The van der Waals surface area contributed by atoms with Crippen molar-refractivity contribution in [3.63, 3.8) is 0 Å². The minimum absolute atomic E-state index is 0.0116. The van der Waals surface area contributed by atoms with Crippen LogP contribution in [0.3, 0.4) is 0 Å². The van der Waals surface area contributed by atoms with Gasteiger partial charge in [-0.1, -0.05) is 24.6 Å². The fourth-order valence-electron chi connectivity index (χ4n) is 4.84. The van der Waals surface area contributed by atoms with E-state index >= 15 is 0 Å². The molecule has 1 amide bonds. The number of aromatic amines is 1. The van der Waals surface area contributed by atoms with Crippen molar-refractivity contribution in [2.24, 2.45) is 0 Å². The van der Waals surface area contributed by atoms with Gasteiger partial charge in [0, 0.05) is 18.2 Å². The molecule has 168 valence electrons. The van der Waals surface area contributed by atoms with Gasteiger partial charge in [0.1, 0.15) is 11.4 Å². The number of benzene rings is 2. The molecule has 2 aliphatic rings. The zero-order chi connectivity index (χ0) is 23.2. The topological polar surface area (TPSA) is 94.9 Å². The lowest BCUT2D eigenvalue weighted by Gasteiger charge is -2.49. The number of rotatable bonds is 5. The fraction of sp³-hybridized carbons (Fsp3) is 0.385. The zero-order valence-electron chi connectivity index (χ0n) is 19.2. The quantitative estimate of drug-likeness (QED) is 0.639. The second-order valence-corrected chi connectivity index (χ2v) is 9.18. The van der Waals surface area contributed by atoms with Crippen molar-refractivity contribution in [3.05, 3.63) is 70.0 Å². The van der Waals surface area contributed by atoms with Crippen molar-refractivity contribution in [3.8, 4) is 17.5 Å². The maximum atomic E-state index is 13.5. The number of H-pyrrole nitrogens is 1. The van der Waals surface area contributed by atoms with E-state index in [9.17, 15) is 4.79 Å². The predicted octanol–water partition coefficient (Wildman–Crippen LogP) is 4.23. The van der Waals surface area contributed by atoms with E-state index in [2.05, 4.69) is 27.3 Å². The molecule has 1 saturated carbocycles. The normalized spacial score (nSPS) is 17.2. The Labute approximate surface area is 193 Å². The van der Waals surface area contributed by atoms with E-state index in [0.717, 1.165) is 35.4 Å². The van der Waals surface area contributed by atoms with Crippen molar-refractivity contribution >= 4 is 5.91 Å². The Morgan fingerprint density at radius 1 is 1.21 bits per heavy atom. The summed E-state index contributed by atoms with van der Waals surface area (Å²) >= 11 is 0. The summed E-state index contributed by atoms with van der Waals surface area (Å²) in [6.07, 6.45) is 3.56. The summed E-state index contributed by atoms with van der Waals surface area (Å²) in [4.78, 5) is 19.9. The van der Waals surface area contributed by atoms with Crippen molar-refractivity contribution in [1.29, 1.82) is 5.26 Å². The Kier molecular flexibility index (Phi) is 5.26. The van der Waals surface area contributed by atoms with Crippen LogP contribution in [-0.4, -0.2) is 46.2 Å². The smallest absolute Gasteiger partial charge is 0.254 e. The number of carbonyl (C=O) groups excluding carboxylic acids is 1. The average molecular weight is 442 g/mol. The van der Waals surface area contributed by atoms with E-state index < -0.39 is 5.60 Å². The third-order valence-corrected chi connectivity index (χ3v) is 7.12. The van der Waals surface area contributed by atoms with Crippen molar-refractivity contribution in [2.75, 3.05) is 20.2 Å². The second-order valence-electron chi connectivity index (χ2n) is 9.18. The lowest BCUT2D eigenvalue weighted by Crippen LogP contribution is -2.62.